The van der Waals surface area contributed by atoms with Gasteiger partial charge in [0.2, 0.25) is 5.91 Å². The molecule has 0 fully saturated rings. The van der Waals surface area contributed by atoms with E-state index < -0.39 is 17.9 Å². The average molecular weight is 314 g/mol. The van der Waals surface area contributed by atoms with Gasteiger partial charge in [-0.05, 0) is 17.9 Å². The zero-order valence-corrected chi connectivity index (χ0v) is 12.2. The van der Waals surface area contributed by atoms with Crippen molar-refractivity contribution in [3.63, 3.8) is 0 Å². The molecule has 0 unspecified atom stereocenters. The summed E-state index contributed by atoms with van der Waals surface area (Å²) in [7, 11) is 0. The smallest absolute Gasteiger partial charge is 0.326 e. The van der Waals surface area contributed by atoms with Gasteiger partial charge >= 0.3 is 5.97 Å². The number of nitrogens with one attached hydrogen (secondary N) is 2. The van der Waals surface area contributed by atoms with Crippen LogP contribution in [0.15, 0.2) is 17.5 Å². The van der Waals surface area contributed by atoms with Gasteiger partial charge in [0.25, 0.3) is 5.91 Å². The van der Waals surface area contributed by atoms with Gasteiger partial charge in [-0.25, -0.2) is 4.79 Å². The maximum atomic E-state index is 11.6. The second-order valence-corrected chi connectivity index (χ2v) is 5.26. The molecule has 1 aromatic rings. The van der Waals surface area contributed by atoms with Gasteiger partial charge in [0, 0.05) is 26.0 Å². The summed E-state index contributed by atoms with van der Waals surface area (Å²) in [5.41, 5.74) is 0. The van der Waals surface area contributed by atoms with Crippen molar-refractivity contribution in [1.29, 1.82) is 0 Å². The highest BCUT2D eigenvalue weighted by molar-refractivity contribution is 7.12. The van der Waals surface area contributed by atoms with Crippen LogP contribution < -0.4 is 10.6 Å². The molecule has 2 amide bonds. The van der Waals surface area contributed by atoms with Crippen molar-refractivity contribution in [1.82, 2.24) is 10.6 Å². The van der Waals surface area contributed by atoms with Crippen molar-refractivity contribution in [2.45, 2.75) is 25.3 Å². The molecule has 0 saturated heterocycles. The number of carboxylic acid groups (broad SMARTS) is 1. The number of aliphatic carboxylic acids is 1. The maximum absolute atomic E-state index is 11.6. The molecule has 1 rings (SSSR count). The second-order valence-electron chi connectivity index (χ2n) is 4.31. The monoisotopic (exact) mass is 314 g/mol. The highest BCUT2D eigenvalue weighted by Gasteiger charge is 2.18. The van der Waals surface area contributed by atoms with Gasteiger partial charge < -0.3 is 20.8 Å². The zero-order valence-electron chi connectivity index (χ0n) is 11.4. The fraction of sp³-hybridized carbons (Fsp3) is 0.462. The number of rotatable bonds is 9. The highest BCUT2D eigenvalue weighted by Crippen LogP contribution is 2.07. The Morgan fingerprint density at radius 1 is 1.33 bits per heavy atom. The van der Waals surface area contributed by atoms with Crippen LogP contribution >= 0.6 is 11.3 Å². The Kier molecular flexibility index (Phi) is 7.41. The predicted molar refractivity (Wildman–Crippen MR) is 77.2 cm³/mol. The highest BCUT2D eigenvalue weighted by atomic mass is 32.1. The van der Waals surface area contributed by atoms with E-state index in [0.29, 0.717) is 17.8 Å². The fourth-order valence-corrected chi connectivity index (χ4v) is 2.24. The molecule has 0 bridgehead atoms. The van der Waals surface area contributed by atoms with Crippen LogP contribution in [0, 0.1) is 0 Å². The largest absolute Gasteiger partial charge is 0.480 e. The lowest BCUT2D eigenvalue weighted by Crippen LogP contribution is -2.41. The molecule has 0 spiro atoms. The van der Waals surface area contributed by atoms with Crippen molar-refractivity contribution in [2.75, 3.05) is 13.2 Å². The van der Waals surface area contributed by atoms with Crippen molar-refractivity contribution in [2.24, 2.45) is 0 Å². The lowest BCUT2D eigenvalue weighted by molar-refractivity contribution is -0.142. The summed E-state index contributed by atoms with van der Waals surface area (Å²) in [6.07, 6.45) is 0.491. The molecule has 8 heteroatoms. The Morgan fingerprint density at radius 2 is 2.10 bits per heavy atom. The first-order valence-corrected chi connectivity index (χ1v) is 7.37. The van der Waals surface area contributed by atoms with Gasteiger partial charge in [-0.3, -0.25) is 9.59 Å². The molecule has 0 saturated carbocycles. The minimum atomic E-state index is -1.18. The van der Waals surface area contributed by atoms with E-state index >= 15 is 0 Å². The number of carbonyl (C=O) groups excluding carboxylic acids is 2. The van der Waals surface area contributed by atoms with Crippen molar-refractivity contribution in [3.8, 4) is 0 Å². The van der Waals surface area contributed by atoms with Crippen LogP contribution in [0.3, 0.4) is 0 Å². The third-order valence-electron chi connectivity index (χ3n) is 2.66. The number of carbonyl (C=O) groups is 3. The topological polar surface area (TPSA) is 116 Å². The van der Waals surface area contributed by atoms with Crippen LogP contribution in [-0.4, -0.2) is 47.2 Å². The summed E-state index contributed by atoms with van der Waals surface area (Å²) >= 11 is 1.33. The summed E-state index contributed by atoms with van der Waals surface area (Å²) in [4.78, 5) is 34.5. The second kappa shape index (κ2) is 9.09. The van der Waals surface area contributed by atoms with Crippen molar-refractivity contribution >= 4 is 29.1 Å². The summed E-state index contributed by atoms with van der Waals surface area (Å²) < 4.78 is 0. The van der Waals surface area contributed by atoms with Crippen molar-refractivity contribution in [3.05, 3.63) is 22.4 Å². The summed E-state index contributed by atoms with van der Waals surface area (Å²) in [6.45, 7) is 0.0238. The Balaban J connectivity index is 2.21. The van der Waals surface area contributed by atoms with Crippen LogP contribution in [0.5, 0.6) is 0 Å². The first-order valence-electron chi connectivity index (χ1n) is 6.49. The number of aliphatic hydroxyl groups is 1. The number of amides is 2. The Morgan fingerprint density at radius 3 is 2.67 bits per heavy atom. The molecule has 1 atom stereocenters. The minimum absolute atomic E-state index is 0.0316. The molecular weight excluding hydrogens is 296 g/mol. The molecule has 0 radical (unpaired) electrons. The van der Waals surface area contributed by atoms with E-state index in [9.17, 15) is 14.4 Å². The Hall–Kier alpha value is -1.93. The Labute approximate surface area is 126 Å². The number of carboxylic acids is 1. The van der Waals surface area contributed by atoms with Gasteiger partial charge in [0.05, 0.1) is 4.88 Å². The van der Waals surface area contributed by atoms with E-state index in [1.165, 1.54) is 11.3 Å². The van der Waals surface area contributed by atoms with Crippen LogP contribution in [0.4, 0.5) is 0 Å². The molecule has 7 nitrogen and oxygen atoms in total. The Bertz CT molecular complexity index is 475. The quantitative estimate of drug-likeness (QED) is 0.486. The standard InChI is InChI=1S/C13H18N2O5S/c16-7-5-9(13(19)20)15-11(17)4-1-6-14-12(18)10-3-2-8-21-10/h2-3,8-9,16H,1,4-7H2,(H,14,18)(H,15,17)(H,19,20)/t9-/m1/s1. The lowest BCUT2D eigenvalue weighted by Gasteiger charge is -2.13. The number of aliphatic hydroxyl groups excluding tert-OH is 1. The van der Waals surface area contributed by atoms with E-state index in [0.717, 1.165) is 0 Å². The van der Waals surface area contributed by atoms with Crippen LogP contribution in [0.2, 0.25) is 0 Å². The van der Waals surface area contributed by atoms with E-state index in [-0.39, 0.29) is 25.4 Å². The number of hydrogen-bond acceptors (Lipinski definition) is 5. The average Bonchev–Trinajstić information content (AvgIpc) is 2.97. The molecular formula is C13H18N2O5S. The molecule has 0 aliphatic carbocycles. The van der Waals surface area contributed by atoms with Crippen LogP contribution in [-0.2, 0) is 9.59 Å². The molecule has 0 aliphatic heterocycles. The van der Waals surface area contributed by atoms with Gasteiger partial charge in [-0.1, -0.05) is 6.07 Å². The molecule has 21 heavy (non-hydrogen) atoms. The SMILES string of the molecule is O=C(CCCNC(=O)c1cccs1)N[C@H](CCO)C(=O)O. The normalized spacial score (nSPS) is 11.7. The van der Waals surface area contributed by atoms with E-state index in [4.69, 9.17) is 10.2 Å². The molecule has 0 aliphatic rings. The van der Waals surface area contributed by atoms with E-state index in [1.807, 2.05) is 0 Å². The first-order chi connectivity index (χ1) is 10.0. The zero-order chi connectivity index (χ0) is 15.7. The van der Waals surface area contributed by atoms with E-state index in [1.54, 1.807) is 17.5 Å². The summed E-state index contributed by atoms with van der Waals surface area (Å²) in [5, 5.41) is 24.3. The van der Waals surface area contributed by atoms with Gasteiger partial charge in [0.1, 0.15) is 6.04 Å². The minimum Gasteiger partial charge on any atom is -0.480 e. The third kappa shape index (κ3) is 6.37. The van der Waals surface area contributed by atoms with Gasteiger partial charge in [-0.15, -0.1) is 11.3 Å². The molecule has 4 N–H and O–H groups in total. The summed E-state index contributed by atoms with van der Waals surface area (Å²) in [5.74, 6) is -1.78. The fourth-order valence-electron chi connectivity index (χ4n) is 1.60. The lowest BCUT2D eigenvalue weighted by atomic mass is 10.2. The van der Waals surface area contributed by atoms with Crippen LogP contribution in [0.1, 0.15) is 28.9 Å². The van der Waals surface area contributed by atoms with Gasteiger partial charge in [-0.2, -0.15) is 0 Å². The van der Waals surface area contributed by atoms with E-state index in [2.05, 4.69) is 10.6 Å². The number of thiophene rings is 1. The molecule has 1 heterocycles. The number of hydrogen-bond donors (Lipinski definition) is 4. The molecule has 1 aromatic heterocycles. The molecule has 0 aromatic carbocycles. The van der Waals surface area contributed by atoms with Gasteiger partial charge in [0.15, 0.2) is 0 Å². The summed E-state index contributed by atoms with van der Waals surface area (Å²) in [6, 6.07) is 2.41. The van der Waals surface area contributed by atoms with Crippen molar-refractivity contribution < 1.29 is 24.6 Å². The predicted octanol–water partition coefficient (Wildman–Crippen LogP) is 0.210. The third-order valence-corrected chi connectivity index (χ3v) is 3.53. The van der Waals surface area contributed by atoms with Crippen LogP contribution in [0.25, 0.3) is 0 Å². The maximum Gasteiger partial charge on any atom is 0.326 e. The first kappa shape index (κ1) is 17.1. The molecule has 116 valence electrons.